The van der Waals surface area contributed by atoms with Crippen molar-refractivity contribution in [2.24, 2.45) is 23.7 Å². The smallest absolute Gasteiger partial charge is 0.210 e. The van der Waals surface area contributed by atoms with Crippen LogP contribution in [0, 0.1) is 23.7 Å². The van der Waals surface area contributed by atoms with E-state index in [1.54, 1.807) is 0 Å². The Hall–Kier alpha value is -0.140. The minimum absolute atomic E-state index is 0.294. The van der Waals surface area contributed by atoms with Crippen molar-refractivity contribution in [1.29, 1.82) is 0 Å². The van der Waals surface area contributed by atoms with Gasteiger partial charge in [0.1, 0.15) is 0 Å². The number of hydrogen-bond acceptors (Lipinski definition) is 0. The maximum Gasteiger partial charge on any atom is 0.241 e. The molecule has 19 heavy (non-hydrogen) atoms. The number of rotatable bonds is 5. The molecule has 0 atom stereocenters. The van der Waals surface area contributed by atoms with E-state index in [9.17, 15) is 8.78 Å². The van der Waals surface area contributed by atoms with Gasteiger partial charge in [0.2, 0.25) is 6.43 Å². The minimum atomic E-state index is -2.08. The van der Waals surface area contributed by atoms with Gasteiger partial charge in [-0.3, -0.25) is 0 Å². The molecule has 2 aliphatic carbocycles. The molecule has 0 unspecified atom stereocenters. The molecule has 0 N–H and O–H groups in total. The van der Waals surface area contributed by atoms with Crippen molar-refractivity contribution in [1.82, 2.24) is 0 Å². The van der Waals surface area contributed by atoms with Gasteiger partial charge in [0.15, 0.2) is 0 Å². The Kier molecular flexibility index (Phi) is 6.09. The summed E-state index contributed by atoms with van der Waals surface area (Å²) in [6.07, 6.45) is 11.3. The molecule has 112 valence electrons. The maximum absolute atomic E-state index is 12.7. The second-order valence-electron chi connectivity index (χ2n) is 6.93. The van der Waals surface area contributed by atoms with Gasteiger partial charge in [-0.05, 0) is 56.3 Å². The Balaban J connectivity index is 1.68. The van der Waals surface area contributed by atoms with Crippen molar-refractivity contribution in [3.63, 3.8) is 0 Å². The first-order valence-corrected chi connectivity index (χ1v) is 8.48. The normalized spacial score (nSPS) is 36.6. The Morgan fingerprint density at radius 3 is 1.84 bits per heavy atom. The third kappa shape index (κ3) is 4.43. The first kappa shape index (κ1) is 15.3. The molecule has 2 heteroatoms. The molecule has 2 aliphatic rings. The van der Waals surface area contributed by atoms with E-state index < -0.39 is 6.43 Å². The van der Waals surface area contributed by atoms with Crippen LogP contribution in [0.15, 0.2) is 0 Å². The van der Waals surface area contributed by atoms with E-state index in [2.05, 4.69) is 6.92 Å². The number of alkyl halides is 2. The highest BCUT2D eigenvalue weighted by Gasteiger charge is 2.33. The predicted molar refractivity (Wildman–Crippen MR) is 76.4 cm³/mol. The van der Waals surface area contributed by atoms with Gasteiger partial charge in [-0.25, -0.2) is 8.78 Å². The average Bonchev–Trinajstić information content (AvgIpc) is 2.46. The Morgan fingerprint density at radius 2 is 1.37 bits per heavy atom. The van der Waals surface area contributed by atoms with Crippen molar-refractivity contribution in [2.45, 2.75) is 84.0 Å². The lowest BCUT2D eigenvalue weighted by Crippen LogP contribution is -2.27. The van der Waals surface area contributed by atoms with Gasteiger partial charge in [-0.15, -0.1) is 0 Å². The lowest BCUT2D eigenvalue weighted by Gasteiger charge is -2.37. The van der Waals surface area contributed by atoms with E-state index in [1.807, 2.05) is 0 Å². The van der Waals surface area contributed by atoms with Crippen molar-refractivity contribution < 1.29 is 8.78 Å². The van der Waals surface area contributed by atoms with Crippen LogP contribution in [-0.4, -0.2) is 6.43 Å². The third-order valence-corrected chi connectivity index (χ3v) is 5.70. The molecule has 0 aliphatic heterocycles. The summed E-state index contributed by atoms with van der Waals surface area (Å²) in [5.41, 5.74) is 0. The molecule has 0 bridgehead atoms. The van der Waals surface area contributed by atoms with Crippen LogP contribution >= 0.6 is 0 Å². The SMILES string of the molecule is CCCC[C@H]1CC[C@H]([C@H]2CC[C@H](C(F)F)CC2)CC1. The molecule has 2 saturated carbocycles. The molecule has 0 aromatic heterocycles. The topological polar surface area (TPSA) is 0 Å². The molecule has 0 amide bonds. The predicted octanol–water partition coefficient (Wildman–Crippen LogP) is 6.05. The standard InChI is InChI=1S/C17H30F2/c1-2-3-4-13-5-7-14(8-6-13)15-9-11-16(12-10-15)17(18)19/h13-17H,2-12H2,1H3/t13-,14-,15-,16-. The lowest BCUT2D eigenvalue weighted by atomic mass is 9.69. The largest absolute Gasteiger partial charge is 0.241 e. The maximum atomic E-state index is 12.7. The molecule has 0 radical (unpaired) electrons. The second kappa shape index (κ2) is 7.59. The third-order valence-electron chi connectivity index (χ3n) is 5.70. The highest BCUT2D eigenvalue weighted by molar-refractivity contribution is 4.82. The summed E-state index contributed by atoms with van der Waals surface area (Å²) < 4.78 is 25.3. The summed E-state index contributed by atoms with van der Waals surface area (Å²) in [5, 5.41) is 0. The van der Waals surface area contributed by atoms with E-state index in [0.29, 0.717) is 0 Å². The Labute approximate surface area is 117 Å². The van der Waals surface area contributed by atoms with Crippen LogP contribution in [0.5, 0.6) is 0 Å². The minimum Gasteiger partial charge on any atom is -0.210 e. The number of halogens is 2. The van der Waals surface area contributed by atoms with E-state index in [-0.39, 0.29) is 5.92 Å². The van der Waals surface area contributed by atoms with Crippen LogP contribution in [-0.2, 0) is 0 Å². The van der Waals surface area contributed by atoms with Crippen LogP contribution < -0.4 is 0 Å². The highest BCUT2D eigenvalue weighted by Crippen LogP contribution is 2.43. The zero-order chi connectivity index (χ0) is 13.7. The van der Waals surface area contributed by atoms with E-state index in [0.717, 1.165) is 43.4 Å². The summed E-state index contributed by atoms with van der Waals surface area (Å²) in [4.78, 5) is 0. The van der Waals surface area contributed by atoms with Gasteiger partial charge in [0.05, 0.1) is 0 Å². The molecule has 2 fully saturated rings. The monoisotopic (exact) mass is 272 g/mol. The molecule has 0 saturated heterocycles. The summed E-state index contributed by atoms with van der Waals surface area (Å²) in [6.45, 7) is 2.27. The zero-order valence-electron chi connectivity index (χ0n) is 12.4. The van der Waals surface area contributed by atoms with Gasteiger partial charge in [0, 0.05) is 5.92 Å². The molecule has 0 aromatic rings. The van der Waals surface area contributed by atoms with Crippen molar-refractivity contribution in [2.75, 3.05) is 0 Å². The van der Waals surface area contributed by atoms with Crippen molar-refractivity contribution in [3.05, 3.63) is 0 Å². The fourth-order valence-electron chi connectivity index (χ4n) is 4.31. The lowest BCUT2D eigenvalue weighted by molar-refractivity contribution is 0.0340. The van der Waals surface area contributed by atoms with Gasteiger partial charge in [-0.1, -0.05) is 39.0 Å². The quantitative estimate of drug-likeness (QED) is 0.571. The summed E-state index contributed by atoms with van der Waals surface area (Å²) in [6, 6.07) is 0. The van der Waals surface area contributed by atoms with Gasteiger partial charge in [0.25, 0.3) is 0 Å². The highest BCUT2D eigenvalue weighted by atomic mass is 19.3. The van der Waals surface area contributed by atoms with Crippen LogP contribution in [0.25, 0.3) is 0 Å². The Morgan fingerprint density at radius 1 is 0.842 bits per heavy atom. The van der Waals surface area contributed by atoms with E-state index in [1.165, 1.54) is 44.9 Å². The molecule has 0 nitrogen and oxygen atoms in total. The van der Waals surface area contributed by atoms with Crippen LogP contribution in [0.4, 0.5) is 8.78 Å². The molecular weight excluding hydrogens is 242 g/mol. The molecule has 0 aromatic carbocycles. The van der Waals surface area contributed by atoms with Gasteiger partial charge >= 0.3 is 0 Å². The number of hydrogen-bond donors (Lipinski definition) is 0. The van der Waals surface area contributed by atoms with E-state index >= 15 is 0 Å². The number of unbranched alkanes of at least 4 members (excludes halogenated alkanes) is 1. The van der Waals surface area contributed by atoms with E-state index in [4.69, 9.17) is 0 Å². The van der Waals surface area contributed by atoms with Crippen LogP contribution in [0.1, 0.15) is 77.6 Å². The zero-order valence-corrected chi connectivity index (χ0v) is 12.4. The first-order valence-electron chi connectivity index (χ1n) is 8.48. The fraction of sp³-hybridized carbons (Fsp3) is 1.00. The fourth-order valence-corrected chi connectivity index (χ4v) is 4.31. The first-order chi connectivity index (χ1) is 9.20. The summed E-state index contributed by atoms with van der Waals surface area (Å²) >= 11 is 0. The summed E-state index contributed by atoms with van der Waals surface area (Å²) in [7, 11) is 0. The van der Waals surface area contributed by atoms with Crippen LogP contribution in [0.3, 0.4) is 0 Å². The average molecular weight is 272 g/mol. The second-order valence-corrected chi connectivity index (χ2v) is 6.93. The van der Waals surface area contributed by atoms with Crippen molar-refractivity contribution in [3.8, 4) is 0 Å². The van der Waals surface area contributed by atoms with Gasteiger partial charge in [-0.2, -0.15) is 0 Å². The van der Waals surface area contributed by atoms with Crippen LogP contribution in [0.2, 0.25) is 0 Å². The summed E-state index contributed by atoms with van der Waals surface area (Å²) in [5.74, 6) is 2.30. The Bertz CT molecular complexity index is 236. The molecular formula is C17H30F2. The molecule has 2 rings (SSSR count). The molecule has 0 spiro atoms. The van der Waals surface area contributed by atoms with Crippen molar-refractivity contribution >= 4 is 0 Å². The van der Waals surface area contributed by atoms with Gasteiger partial charge < -0.3 is 0 Å². The molecule has 0 heterocycles.